The van der Waals surface area contributed by atoms with Crippen molar-refractivity contribution in [3.05, 3.63) is 218 Å². The summed E-state index contributed by atoms with van der Waals surface area (Å²) in [6, 6.07) is 79.9. The van der Waals surface area contributed by atoms with Crippen molar-refractivity contribution in [1.82, 2.24) is 0 Å². The monoisotopic (exact) mass is 698 g/mol. The molecular weight excluding hydrogens is 657 g/mol. The van der Waals surface area contributed by atoms with Crippen molar-refractivity contribution < 1.29 is 0 Å². The maximum Gasteiger partial charge on any atom is 0.147 e. The molecule has 0 aliphatic heterocycles. The van der Waals surface area contributed by atoms with Crippen LogP contribution in [0.5, 0.6) is 0 Å². The molecule has 0 amide bonds. The molecule has 9 aromatic carbocycles. The van der Waals surface area contributed by atoms with Gasteiger partial charge in [-0.05, 0) is 63.4 Å². The van der Waals surface area contributed by atoms with E-state index < -0.39 is 16.1 Å². The molecule has 0 heterocycles. The molecular formula is C50H42Si2. The van der Waals surface area contributed by atoms with Crippen LogP contribution in [0.4, 0.5) is 0 Å². The first-order chi connectivity index (χ1) is 25.6. The van der Waals surface area contributed by atoms with Crippen LogP contribution >= 0.6 is 0 Å². The smallest absolute Gasteiger partial charge is 0.0624 e. The van der Waals surface area contributed by atoms with Crippen LogP contribution in [0.1, 0.15) is 0 Å². The zero-order valence-corrected chi connectivity index (χ0v) is 31.8. The van der Waals surface area contributed by atoms with Crippen molar-refractivity contribution >= 4 is 79.6 Å². The van der Waals surface area contributed by atoms with Crippen molar-refractivity contribution in [3.63, 3.8) is 0 Å². The van der Waals surface area contributed by atoms with Gasteiger partial charge in [-0.25, -0.2) is 0 Å². The van der Waals surface area contributed by atoms with E-state index >= 15 is 0 Å². The Hall–Kier alpha value is -5.81. The molecule has 0 spiro atoms. The van der Waals surface area contributed by atoms with Crippen molar-refractivity contribution in [1.29, 1.82) is 0 Å². The Balaban J connectivity index is 0.000000151. The Labute approximate surface area is 309 Å². The summed E-state index contributed by atoms with van der Waals surface area (Å²) in [5.41, 5.74) is 0. The second kappa shape index (κ2) is 14.4. The van der Waals surface area contributed by atoms with E-state index in [0.29, 0.717) is 0 Å². The van der Waals surface area contributed by atoms with E-state index in [2.05, 4.69) is 231 Å². The third kappa shape index (κ3) is 6.11. The van der Waals surface area contributed by atoms with E-state index in [0.717, 1.165) is 0 Å². The molecule has 9 aromatic rings. The first-order valence-electron chi connectivity index (χ1n) is 18.2. The van der Waals surface area contributed by atoms with E-state index in [1.54, 1.807) is 0 Å². The molecule has 0 nitrogen and oxygen atoms in total. The summed E-state index contributed by atoms with van der Waals surface area (Å²) in [5.74, 6) is 0. The van der Waals surface area contributed by atoms with Gasteiger partial charge in [-0.15, -0.1) is 0 Å². The fourth-order valence-corrected chi connectivity index (χ4v) is 15.8. The van der Waals surface area contributed by atoms with Gasteiger partial charge < -0.3 is 0 Å². The maximum atomic E-state index is 2.51. The van der Waals surface area contributed by atoms with Gasteiger partial charge in [0.1, 0.15) is 16.1 Å². The molecule has 0 unspecified atom stereocenters. The van der Waals surface area contributed by atoms with Gasteiger partial charge in [0.25, 0.3) is 0 Å². The maximum absolute atomic E-state index is 2.51. The Morgan fingerprint density at radius 2 is 0.615 bits per heavy atom. The standard InChI is InChI=1S/C27H22Si.C23H20Si/c1-28(23-15-3-2-4-16-23,26-19-9-13-21-11-5-7-17-24(21)26)27-20-10-14-22-12-6-8-18-25(22)27;1-24(21-12-4-2-5-13-21,22-14-6-3-7-15-22)23-17-16-19-10-8-9-11-20(19)18-23/h2-20H,1H3;2-18H,1H3. The summed E-state index contributed by atoms with van der Waals surface area (Å²) in [4.78, 5) is 0. The highest BCUT2D eigenvalue weighted by Crippen LogP contribution is 2.21. The molecule has 0 aliphatic rings. The summed E-state index contributed by atoms with van der Waals surface area (Å²) in [7, 11) is -4.20. The van der Waals surface area contributed by atoms with Gasteiger partial charge in [-0.3, -0.25) is 0 Å². The minimum absolute atomic E-state index is 1.30. The number of hydrogen-bond acceptors (Lipinski definition) is 0. The first-order valence-corrected chi connectivity index (χ1v) is 23.2. The normalized spacial score (nSPS) is 11.7. The van der Waals surface area contributed by atoms with Crippen LogP contribution in [-0.4, -0.2) is 16.1 Å². The average Bonchev–Trinajstić information content (AvgIpc) is 3.23. The van der Waals surface area contributed by atoms with Gasteiger partial charge in [0.05, 0.1) is 0 Å². The van der Waals surface area contributed by atoms with E-state index in [9.17, 15) is 0 Å². The highest BCUT2D eigenvalue weighted by molar-refractivity contribution is 7.12. The largest absolute Gasteiger partial charge is 0.147 e. The molecule has 52 heavy (non-hydrogen) atoms. The lowest BCUT2D eigenvalue weighted by Gasteiger charge is -2.32. The fourth-order valence-electron chi connectivity index (χ4n) is 8.09. The third-order valence-corrected chi connectivity index (χ3v) is 20.0. The Bertz CT molecular complexity index is 2470. The number of hydrogen-bond donors (Lipinski definition) is 0. The van der Waals surface area contributed by atoms with Gasteiger partial charge in [-0.2, -0.15) is 0 Å². The zero-order chi connectivity index (χ0) is 35.4. The van der Waals surface area contributed by atoms with Crippen LogP contribution in [0.25, 0.3) is 32.3 Å². The van der Waals surface area contributed by atoms with Gasteiger partial charge >= 0.3 is 0 Å². The fraction of sp³-hybridized carbons (Fsp3) is 0.0400. The lowest BCUT2D eigenvalue weighted by Crippen LogP contribution is -2.65. The van der Waals surface area contributed by atoms with Crippen molar-refractivity contribution in [2.75, 3.05) is 0 Å². The molecule has 0 fully saturated rings. The predicted molar refractivity (Wildman–Crippen MR) is 232 cm³/mol. The van der Waals surface area contributed by atoms with Crippen LogP contribution in [-0.2, 0) is 0 Å². The summed E-state index contributed by atoms with van der Waals surface area (Å²) >= 11 is 0. The molecule has 0 bridgehead atoms. The molecule has 0 aromatic heterocycles. The van der Waals surface area contributed by atoms with Crippen molar-refractivity contribution in [2.45, 2.75) is 13.1 Å². The second-order valence-corrected chi connectivity index (χ2v) is 21.9. The zero-order valence-electron chi connectivity index (χ0n) is 29.8. The van der Waals surface area contributed by atoms with E-state index in [1.807, 2.05) is 0 Å². The van der Waals surface area contributed by atoms with E-state index in [1.165, 1.54) is 63.4 Å². The molecule has 0 aliphatic carbocycles. The number of fused-ring (bicyclic) bond motifs is 3. The summed E-state index contributed by atoms with van der Waals surface area (Å²) < 4.78 is 0. The summed E-state index contributed by atoms with van der Waals surface area (Å²) in [5, 5.41) is 16.8. The van der Waals surface area contributed by atoms with E-state index in [-0.39, 0.29) is 0 Å². The molecule has 0 N–H and O–H groups in total. The van der Waals surface area contributed by atoms with Crippen LogP contribution in [0.15, 0.2) is 218 Å². The quantitative estimate of drug-likeness (QED) is 0.120. The number of benzene rings is 9. The summed E-state index contributed by atoms with van der Waals surface area (Å²) in [6.07, 6.45) is 0. The molecule has 0 saturated heterocycles. The highest BCUT2D eigenvalue weighted by Gasteiger charge is 2.37. The Morgan fingerprint density at radius 3 is 1.10 bits per heavy atom. The highest BCUT2D eigenvalue weighted by atomic mass is 28.3. The molecule has 250 valence electrons. The average molecular weight is 699 g/mol. The van der Waals surface area contributed by atoms with Crippen LogP contribution < -0.4 is 31.1 Å². The van der Waals surface area contributed by atoms with Crippen molar-refractivity contribution in [2.24, 2.45) is 0 Å². The van der Waals surface area contributed by atoms with Crippen LogP contribution in [0.3, 0.4) is 0 Å². The van der Waals surface area contributed by atoms with E-state index in [4.69, 9.17) is 0 Å². The van der Waals surface area contributed by atoms with Crippen LogP contribution in [0.2, 0.25) is 13.1 Å². The molecule has 0 radical (unpaired) electrons. The van der Waals surface area contributed by atoms with Crippen LogP contribution in [0, 0.1) is 0 Å². The first kappa shape index (κ1) is 33.3. The topological polar surface area (TPSA) is 0 Å². The molecule has 9 rings (SSSR count). The van der Waals surface area contributed by atoms with Crippen molar-refractivity contribution in [3.8, 4) is 0 Å². The summed E-state index contributed by atoms with van der Waals surface area (Å²) in [6.45, 7) is 4.97. The lowest BCUT2D eigenvalue weighted by molar-refractivity contribution is 1.68. The molecule has 0 atom stereocenters. The Morgan fingerprint density at radius 1 is 0.250 bits per heavy atom. The minimum atomic E-state index is -2.21. The predicted octanol–water partition coefficient (Wildman–Crippen LogP) is 9.03. The SMILES string of the molecule is C[Si](c1ccccc1)(c1cccc2ccccc12)c1cccc2ccccc12.C[Si](c1ccccc1)(c1ccccc1)c1ccc2ccccc2c1. The number of rotatable bonds is 6. The third-order valence-electron chi connectivity index (χ3n) is 11.0. The van der Waals surface area contributed by atoms with Gasteiger partial charge in [0, 0.05) is 0 Å². The molecule has 2 heteroatoms. The minimum Gasteiger partial charge on any atom is -0.0624 e. The lowest BCUT2D eigenvalue weighted by atomic mass is 10.1. The van der Waals surface area contributed by atoms with Gasteiger partial charge in [0.15, 0.2) is 0 Å². The van der Waals surface area contributed by atoms with Gasteiger partial charge in [-0.1, -0.05) is 231 Å². The molecule has 0 saturated carbocycles. The Kier molecular flexibility index (Phi) is 9.26. The second-order valence-electron chi connectivity index (χ2n) is 14.0. The van der Waals surface area contributed by atoms with Gasteiger partial charge in [0.2, 0.25) is 0 Å².